The Morgan fingerprint density at radius 3 is 2.81 bits per heavy atom. The standard InChI is InChI=1S/C18H20N8/c19-11-5-7-12(8-6-11)23-18-24-16-15(20-9-21-16)17(25-18)26-10-22-13-3-1-2-4-14(13)26/h1-4,9-12H,5-8,19H2,(H2,20,21,23,24,25)/t11-,12-. The number of nitrogens with zero attached hydrogens (tertiary/aromatic N) is 5. The summed E-state index contributed by atoms with van der Waals surface area (Å²) in [5, 5.41) is 3.47. The molecule has 0 spiro atoms. The van der Waals surface area contributed by atoms with Crippen LogP contribution in [0.5, 0.6) is 0 Å². The number of H-pyrrole nitrogens is 1. The number of benzene rings is 1. The van der Waals surface area contributed by atoms with Gasteiger partial charge in [0, 0.05) is 12.1 Å². The third kappa shape index (κ3) is 2.59. The number of hydrogen-bond donors (Lipinski definition) is 3. The Morgan fingerprint density at radius 1 is 1.08 bits per heavy atom. The van der Waals surface area contributed by atoms with Crippen molar-refractivity contribution < 1.29 is 0 Å². The van der Waals surface area contributed by atoms with Gasteiger partial charge >= 0.3 is 0 Å². The molecule has 8 heteroatoms. The number of rotatable bonds is 3. The van der Waals surface area contributed by atoms with Crippen LogP contribution in [-0.2, 0) is 0 Å². The zero-order valence-corrected chi connectivity index (χ0v) is 14.3. The first kappa shape index (κ1) is 15.3. The van der Waals surface area contributed by atoms with E-state index in [4.69, 9.17) is 10.7 Å². The van der Waals surface area contributed by atoms with E-state index in [1.807, 2.05) is 28.8 Å². The zero-order chi connectivity index (χ0) is 17.5. The molecule has 4 aromatic rings. The van der Waals surface area contributed by atoms with Crippen LogP contribution in [0.4, 0.5) is 5.95 Å². The highest BCUT2D eigenvalue weighted by atomic mass is 15.2. The Labute approximate surface area is 149 Å². The predicted molar refractivity (Wildman–Crippen MR) is 100 cm³/mol. The first-order valence-electron chi connectivity index (χ1n) is 8.93. The molecule has 3 aromatic heterocycles. The molecular formula is C18H20N8. The number of aromatic amines is 1. The topological polar surface area (TPSA) is 110 Å². The molecule has 0 amide bonds. The Morgan fingerprint density at radius 2 is 1.92 bits per heavy atom. The minimum atomic E-state index is 0.317. The van der Waals surface area contributed by atoms with Gasteiger partial charge in [-0.05, 0) is 37.8 Å². The number of imidazole rings is 2. The van der Waals surface area contributed by atoms with Gasteiger partial charge in [0.1, 0.15) is 6.33 Å². The van der Waals surface area contributed by atoms with Crippen molar-refractivity contribution in [3.05, 3.63) is 36.9 Å². The first-order chi connectivity index (χ1) is 12.8. The summed E-state index contributed by atoms with van der Waals surface area (Å²) in [7, 11) is 0. The van der Waals surface area contributed by atoms with Crippen molar-refractivity contribution in [1.82, 2.24) is 29.5 Å². The molecule has 0 bridgehead atoms. The maximum Gasteiger partial charge on any atom is 0.227 e. The smallest absolute Gasteiger partial charge is 0.227 e. The molecule has 0 unspecified atom stereocenters. The average Bonchev–Trinajstić information content (AvgIpc) is 3.30. The molecule has 3 heterocycles. The van der Waals surface area contributed by atoms with Gasteiger partial charge in [-0.3, -0.25) is 4.57 Å². The molecule has 4 N–H and O–H groups in total. The molecule has 0 radical (unpaired) electrons. The maximum absolute atomic E-state index is 6.01. The molecule has 132 valence electrons. The van der Waals surface area contributed by atoms with Crippen LogP contribution in [0.25, 0.3) is 28.0 Å². The lowest BCUT2D eigenvalue weighted by molar-refractivity contribution is 0.410. The molecule has 1 aliphatic rings. The van der Waals surface area contributed by atoms with Crippen LogP contribution in [0.3, 0.4) is 0 Å². The number of fused-ring (bicyclic) bond motifs is 2. The van der Waals surface area contributed by atoms with Crippen LogP contribution in [-0.4, -0.2) is 41.6 Å². The normalized spacial score (nSPS) is 20.7. The van der Waals surface area contributed by atoms with E-state index in [0.29, 0.717) is 23.7 Å². The second kappa shape index (κ2) is 6.06. The van der Waals surface area contributed by atoms with Crippen molar-refractivity contribution in [1.29, 1.82) is 0 Å². The van der Waals surface area contributed by atoms with E-state index < -0.39 is 0 Å². The van der Waals surface area contributed by atoms with E-state index in [1.54, 1.807) is 12.7 Å². The van der Waals surface area contributed by atoms with Crippen molar-refractivity contribution >= 4 is 28.1 Å². The molecule has 1 aliphatic carbocycles. The molecule has 0 aliphatic heterocycles. The number of aromatic nitrogens is 6. The minimum Gasteiger partial charge on any atom is -0.351 e. The highest BCUT2D eigenvalue weighted by Gasteiger charge is 2.20. The molecule has 0 saturated heterocycles. The summed E-state index contributed by atoms with van der Waals surface area (Å²) in [5.41, 5.74) is 9.36. The van der Waals surface area contributed by atoms with Crippen LogP contribution < -0.4 is 11.1 Å². The first-order valence-corrected chi connectivity index (χ1v) is 8.93. The SMILES string of the molecule is N[C@H]1CC[C@H](Nc2nc(-n3cnc4ccccc43)c3nc[nH]c3n2)CC1. The molecule has 0 atom stereocenters. The molecule has 1 saturated carbocycles. The minimum absolute atomic E-state index is 0.317. The van der Waals surface area contributed by atoms with Crippen LogP contribution in [0.15, 0.2) is 36.9 Å². The Bertz CT molecular complexity index is 1060. The molecule has 1 fully saturated rings. The highest BCUT2D eigenvalue weighted by molar-refractivity contribution is 5.84. The largest absolute Gasteiger partial charge is 0.351 e. The second-order valence-electron chi connectivity index (χ2n) is 6.83. The highest BCUT2D eigenvalue weighted by Crippen LogP contribution is 2.24. The lowest BCUT2D eigenvalue weighted by Crippen LogP contribution is -2.33. The van der Waals surface area contributed by atoms with E-state index in [-0.39, 0.29) is 0 Å². The van der Waals surface area contributed by atoms with Gasteiger partial charge in [-0.15, -0.1) is 0 Å². The lowest BCUT2D eigenvalue weighted by atomic mass is 9.92. The van der Waals surface area contributed by atoms with Gasteiger partial charge in [-0.1, -0.05) is 12.1 Å². The van der Waals surface area contributed by atoms with Gasteiger partial charge in [0.15, 0.2) is 17.0 Å². The Hall–Kier alpha value is -3.00. The summed E-state index contributed by atoms with van der Waals surface area (Å²) in [6.45, 7) is 0. The van der Waals surface area contributed by atoms with Gasteiger partial charge in [-0.25, -0.2) is 9.97 Å². The molecular weight excluding hydrogens is 328 g/mol. The Kier molecular flexibility index (Phi) is 3.56. The van der Waals surface area contributed by atoms with E-state index in [9.17, 15) is 0 Å². The fraction of sp³-hybridized carbons (Fsp3) is 0.333. The van der Waals surface area contributed by atoms with Crippen molar-refractivity contribution in [2.75, 3.05) is 5.32 Å². The number of anilines is 1. The number of nitrogens with two attached hydrogens (primary N) is 1. The van der Waals surface area contributed by atoms with Crippen LogP contribution in [0, 0.1) is 0 Å². The lowest BCUT2D eigenvalue weighted by Gasteiger charge is -2.26. The van der Waals surface area contributed by atoms with Crippen molar-refractivity contribution in [2.45, 2.75) is 37.8 Å². The predicted octanol–water partition coefficient (Wildman–Crippen LogP) is 2.37. The number of hydrogen-bond acceptors (Lipinski definition) is 6. The summed E-state index contributed by atoms with van der Waals surface area (Å²) >= 11 is 0. The molecule has 8 nitrogen and oxygen atoms in total. The van der Waals surface area contributed by atoms with Gasteiger partial charge in [0.05, 0.1) is 17.4 Å². The Balaban J connectivity index is 1.57. The monoisotopic (exact) mass is 348 g/mol. The van der Waals surface area contributed by atoms with E-state index in [0.717, 1.165) is 48.1 Å². The van der Waals surface area contributed by atoms with Crippen molar-refractivity contribution in [2.24, 2.45) is 5.73 Å². The zero-order valence-electron chi connectivity index (χ0n) is 14.3. The van der Waals surface area contributed by atoms with Gasteiger partial charge in [0.2, 0.25) is 5.95 Å². The van der Waals surface area contributed by atoms with E-state index >= 15 is 0 Å². The van der Waals surface area contributed by atoms with Crippen molar-refractivity contribution in [3.63, 3.8) is 0 Å². The van der Waals surface area contributed by atoms with Crippen LogP contribution in [0.2, 0.25) is 0 Å². The van der Waals surface area contributed by atoms with E-state index in [2.05, 4.69) is 25.3 Å². The third-order valence-electron chi connectivity index (χ3n) is 5.05. The second-order valence-corrected chi connectivity index (χ2v) is 6.83. The summed E-state index contributed by atoms with van der Waals surface area (Å²) < 4.78 is 1.96. The summed E-state index contributed by atoms with van der Waals surface area (Å²) in [4.78, 5) is 21.3. The van der Waals surface area contributed by atoms with Gasteiger partial charge in [-0.2, -0.15) is 9.97 Å². The van der Waals surface area contributed by atoms with Crippen LogP contribution in [0.1, 0.15) is 25.7 Å². The quantitative estimate of drug-likeness (QED) is 0.524. The summed E-state index contributed by atoms with van der Waals surface area (Å²) in [6, 6.07) is 8.65. The van der Waals surface area contributed by atoms with Crippen LogP contribution >= 0.6 is 0 Å². The van der Waals surface area contributed by atoms with Gasteiger partial charge in [0.25, 0.3) is 0 Å². The third-order valence-corrected chi connectivity index (χ3v) is 5.05. The maximum atomic E-state index is 6.01. The molecule has 5 rings (SSSR count). The summed E-state index contributed by atoms with van der Waals surface area (Å²) in [5.74, 6) is 1.33. The van der Waals surface area contributed by atoms with E-state index in [1.165, 1.54) is 0 Å². The summed E-state index contributed by atoms with van der Waals surface area (Å²) in [6.07, 6.45) is 7.56. The fourth-order valence-corrected chi connectivity index (χ4v) is 3.63. The molecule has 26 heavy (non-hydrogen) atoms. The molecule has 1 aromatic carbocycles. The average molecular weight is 348 g/mol. The van der Waals surface area contributed by atoms with Crippen molar-refractivity contribution in [3.8, 4) is 5.82 Å². The fourth-order valence-electron chi connectivity index (χ4n) is 3.63. The number of nitrogens with one attached hydrogen (secondary N) is 2. The number of para-hydroxylation sites is 2. The van der Waals surface area contributed by atoms with Gasteiger partial charge < -0.3 is 16.0 Å².